The van der Waals surface area contributed by atoms with Gasteiger partial charge in [-0.1, -0.05) is 18.2 Å². The molecule has 0 amide bonds. The number of benzene rings is 1. The Morgan fingerprint density at radius 1 is 1.40 bits per heavy atom. The summed E-state index contributed by atoms with van der Waals surface area (Å²) in [7, 11) is 0. The topological polar surface area (TPSA) is 35.5 Å². The van der Waals surface area contributed by atoms with Gasteiger partial charge in [0.25, 0.3) is 0 Å². The highest BCUT2D eigenvalue weighted by atomic mass is 35.5. The summed E-state index contributed by atoms with van der Waals surface area (Å²) in [5, 5.41) is 0. The van der Waals surface area contributed by atoms with E-state index in [4.69, 9.17) is 21.1 Å². The normalized spacial score (nSPS) is 11.9. The third kappa shape index (κ3) is 4.70. The lowest BCUT2D eigenvalue weighted by Gasteiger charge is -2.14. The second-order valence-electron chi connectivity index (χ2n) is 3.06. The van der Waals surface area contributed by atoms with Gasteiger partial charge in [-0.15, -0.1) is 11.6 Å². The van der Waals surface area contributed by atoms with E-state index in [2.05, 4.69) is 0 Å². The Hall–Kier alpha value is -1.22. The molecular formula is C11H13ClO3. The van der Waals surface area contributed by atoms with Crippen molar-refractivity contribution in [1.29, 1.82) is 0 Å². The Balaban J connectivity index is 2.30. The molecule has 1 rings (SSSR count). The zero-order chi connectivity index (χ0) is 11.1. The fraction of sp³-hybridized carbons (Fsp3) is 0.364. The standard InChI is InChI=1S/C11H13ClO3/c1-9(8-14-11(13)7-12)15-10-5-3-2-4-6-10/h2-6,9H,7-8H2,1H3/t9-/m0/s1. The molecule has 0 aromatic heterocycles. The molecule has 0 aliphatic carbocycles. The number of esters is 1. The smallest absolute Gasteiger partial charge is 0.321 e. The van der Waals surface area contributed by atoms with Crippen LogP contribution in [0.3, 0.4) is 0 Å². The van der Waals surface area contributed by atoms with Crippen LogP contribution >= 0.6 is 11.6 Å². The van der Waals surface area contributed by atoms with Crippen LogP contribution in [0.2, 0.25) is 0 Å². The first kappa shape index (κ1) is 11.9. The Bertz CT molecular complexity index is 300. The van der Waals surface area contributed by atoms with Crippen molar-refractivity contribution in [2.24, 2.45) is 0 Å². The number of carbonyl (C=O) groups excluding carboxylic acids is 1. The van der Waals surface area contributed by atoms with Crippen LogP contribution in [0.1, 0.15) is 6.92 Å². The molecule has 0 saturated heterocycles. The van der Waals surface area contributed by atoms with Gasteiger partial charge in [-0.25, -0.2) is 0 Å². The molecule has 0 radical (unpaired) electrons. The minimum Gasteiger partial charge on any atom is -0.487 e. The number of rotatable bonds is 5. The van der Waals surface area contributed by atoms with Crippen molar-refractivity contribution >= 4 is 17.6 Å². The van der Waals surface area contributed by atoms with Crippen molar-refractivity contribution in [3.05, 3.63) is 30.3 Å². The molecule has 0 bridgehead atoms. The Morgan fingerprint density at radius 2 is 2.07 bits per heavy atom. The fourth-order valence-electron chi connectivity index (χ4n) is 1.01. The molecule has 0 spiro atoms. The van der Waals surface area contributed by atoms with E-state index >= 15 is 0 Å². The first-order chi connectivity index (χ1) is 7.22. The number of para-hydroxylation sites is 1. The third-order valence-corrected chi connectivity index (χ3v) is 1.89. The quantitative estimate of drug-likeness (QED) is 0.573. The van der Waals surface area contributed by atoms with Crippen molar-refractivity contribution in [1.82, 2.24) is 0 Å². The van der Waals surface area contributed by atoms with Gasteiger partial charge in [-0.2, -0.15) is 0 Å². The summed E-state index contributed by atoms with van der Waals surface area (Å²) < 4.78 is 10.3. The van der Waals surface area contributed by atoms with Gasteiger partial charge in [-0.05, 0) is 19.1 Å². The summed E-state index contributed by atoms with van der Waals surface area (Å²) in [4.78, 5) is 10.8. The van der Waals surface area contributed by atoms with E-state index in [1.165, 1.54) is 0 Å². The van der Waals surface area contributed by atoms with E-state index in [0.717, 1.165) is 5.75 Å². The van der Waals surface area contributed by atoms with Crippen molar-refractivity contribution in [3.8, 4) is 5.75 Å². The molecule has 1 aromatic rings. The molecule has 0 N–H and O–H groups in total. The highest BCUT2D eigenvalue weighted by molar-refractivity contribution is 6.26. The first-order valence-electron chi connectivity index (χ1n) is 4.65. The summed E-state index contributed by atoms with van der Waals surface area (Å²) in [6, 6.07) is 9.37. The lowest BCUT2D eigenvalue weighted by atomic mass is 10.3. The number of alkyl halides is 1. The van der Waals surface area contributed by atoms with Gasteiger partial charge in [0.2, 0.25) is 0 Å². The van der Waals surface area contributed by atoms with Crippen molar-refractivity contribution in [2.45, 2.75) is 13.0 Å². The zero-order valence-corrected chi connectivity index (χ0v) is 9.24. The van der Waals surface area contributed by atoms with Gasteiger partial charge >= 0.3 is 5.97 Å². The largest absolute Gasteiger partial charge is 0.487 e. The maximum atomic E-state index is 10.8. The maximum absolute atomic E-state index is 10.8. The van der Waals surface area contributed by atoms with Crippen LogP contribution < -0.4 is 4.74 Å². The van der Waals surface area contributed by atoms with Gasteiger partial charge in [-0.3, -0.25) is 4.79 Å². The molecule has 15 heavy (non-hydrogen) atoms. The van der Waals surface area contributed by atoms with Crippen LogP contribution in [0.5, 0.6) is 5.75 Å². The van der Waals surface area contributed by atoms with Gasteiger partial charge in [0.05, 0.1) is 0 Å². The maximum Gasteiger partial charge on any atom is 0.321 e. The average Bonchev–Trinajstić information content (AvgIpc) is 2.27. The Kier molecular flexibility index (Phi) is 4.98. The van der Waals surface area contributed by atoms with E-state index in [1.807, 2.05) is 37.3 Å². The minimum absolute atomic E-state index is 0.127. The summed E-state index contributed by atoms with van der Waals surface area (Å²) in [6.45, 7) is 2.04. The Morgan fingerprint density at radius 3 is 2.67 bits per heavy atom. The number of hydrogen-bond donors (Lipinski definition) is 0. The molecule has 4 heteroatoms. The van der Waals surface area contributed by atoms with Crippen LogP contribution in [0.15, 0.2) is 30.3 Å². The number of halogens is 1. The zero-order valence-electron chi connectivity index (χ0n) is 8.48. The highest BCUT2D eigenvalue weighted by Crippen LogP contribution is 2.10. The van der Waals surface area contributed by atoms with Crippen molar-refractivity contribution in [2.75, 3.05) is 12.5 Å². The van der Waals surface area contributed by atoms with Crippen LogP contribution in [-0.2, 0) is 9.53 Å². The summed E-state index contributed by atoms with van der Waals surface area (Å²) >= 11 is 5.28. The van der Waals surface area contributed by atoms with E-state index in [1.54, 1.807) is 0 Å². The molecule has 0 unspecified atom stereocenters. The predicted octanol–water partition coefficient (Wildman–Crippen LogP) is 2.24. The van der Waals surface area contributed by atoms with Crippen LogP contribution in [-0.4, -0.2) is 24.6 Å². The van der Waals surface area contributed by atoms with E-state index < -0.39 is 5.97 Å². The molecular weight excluding hydrogens is 216 g/mol. The van der Waals surface area contributed by atoms with Crippen LogP contribution in [0, 0.1) is 0 Å². The SMILES string of the molecule is C[C@@H](COC(=O)CCl)Oc1ccccc1. The molecule has 0 heterocycles. The average molecular weight is 229 g/mol. The second kappa shape index (κ2) is 6.30. The minimum atomic E-state index is -0.430. The lowest BCUT2D eigenvalue weighted by Crippen LogP contribution is -2.22. The van der Waals surface area contributed by atoms with Crippen LogP contribution in [0.4, 0.5) is 0 Å². The van der Waals surface area contributed by atoms with Crippen molar-refractivity contribution < 1.29 is 14.3 Å². The predicted molar refractivity (Wildman–Crippen MR) is 58.2 cm³/mol. The molecule has 1 aromatic carbocycles. The monoisotopic (exact) mass is 228 g/mol. The van der Waals surface area contributed by atoms with Gasteiger partial charge in [0.15, 0.2) is 0 Å². The van der Waals surface area contributed by atoms with Crippen molar-refractivity contribution in [3.63, 3.8) is 0 Å². The summed E-state index contributed by atoms with van der Waals surface area (Å²) in [6.07, 6.45) is -0.181. The number of hydrogen-bond acceptors (Lipinski definition) is 3. The van der Waals surface area contributed by atoms with Gasteiger partial charge < -0.3 is 9.47 Å². The second-order valence-corrected chi connectivity index (χ2v) is 3.33. The fourth-order valence-corrected chi connectivity index (χ4v) is 1.09. The third-order valence-electron chi connectivity index (χ3n) is 1.67. The first-order valence-corrected chi connectivity index (χ1v) is 5.19. The molecule has 82 valence electrons. The van der Waals surface area contributed by atoms with E-state index in [9.17, 15) is 4.79 Å². The molecule has 0 fully saturated rings. The van der Waals surface area contributed by atoms with Gasteiger partial charge in [0.1, 0.15) is 24.3 Å². The number of ether oxygens (including phenoxy) is 2. The molecule has 3 nitrogen and oxygen atoms in total. The summed E-state index contributed by atoms with van der Waals surface area (Å²) in [5.41, 5.74) is 0. The molecule has 0 aliphatic rings. The van der Waals surface area contributed by atoms with Gasteiger partial charge in [0, 0.05) is 0 Å². The Labute approximate surface area is 93.9 Å². The number of carbonyl (C=O) groups is 1. The van der Waals surface area contributed by atoms with E-state index in [0.29, 0.717) is 0 Å². The highest BCUT2D eigenvalue weighted by Gasteiger charge is 2.07. The van der Waals surface area contributed by atoms with Crippen LogP contribution in [0.25, 0.3) is 0 Å². The molecule has 1 atom stereocenters. The summed E-state index contributed by atoms with van der Waals surface area (Å²) in [5.74, 6) is 0.199. The molecule has 0 saturated carbocycles. The molecule has 0 aliphatic heterocycles. The lowest BCUT2D eigenvalue weighted by molar-refractivity contribution is -0.142. The van der Waals surface area contributed by atoms with E-state index in [-0.39, 0.29) is 18.6 Å².